The van der Waals surface area contributed by atoms with Gasteiger partial charge in [0.15, 0.2) is 11.9 Å². The summed E-state index contributed by atoms with van der Waals surface area (Å²) in [5, 5.41) is 19.0. The molecular formula is C91H141N13O24. The fraction of sp³-hybridized carbons (Fsp3) is 0.648. The Kier molecular flexibility index (Phi) is 49.4. The number of unbranched alkanes of at least 4 members (excludes halogenated alkanes) is 2. The Balaban J connectivity index is 1.35. The summed E-state index contributed by atoms with van der Waals surface area (Å²) in [6.07, 6.45) is 0.760. The largest absolute Gasteiger partial charge is 0.456 e. The van der Waals surface area contributed by atoms with Crippen LogP contribution in [0.4, 0.5) is 20.1 Å². The molecule has 1 saturated heterocycles. The number of nitrogens with one attached hydrogen (secondary N) is 7. The molecule has 2 aliphatic heterocycles. The van der Waals surface area contributed by atoms with Gasteiger partial charge in [0, 0.05) is 128 Å². The first-order valence-corrected chi connectivity index (χ1v) is 44.3. The van der Waals surface area contributed by atoms with Gasteiger partial charge in [-0.1, -0.05) is 123 Å². The lowest BCUT2D eigenvalue weighted by Gasteiger charge is -2.33. The topological polar surface area (TPSA) is 473 Å². The molecule has 37 nitrogen and oxygen atoms in total. The molecule has 0 aliphatic carbocycles. The second-order valence-electron chi connectivity index (χ2n) is 33.6. The Bertz CT molecular complexity index is 4030. The van der Waals surface area contributed by atoms with Gasteiger partial charge in [0.05, 0.1) is 65.4 Å². The van der Waals surface area contributed by atoms with E-state index in [-0.39, 0.29) is 151 Å². The molecule has 0 bridgehead atoms. The van der Waals surface area contributed by atoms with Crippen molar-refractivity contribution in [1.29, 1.82) is 0 Å². The average Bonchev–Trinajstić information content (AvgIpc) is 1.23. The number of hydrogen-bond donors (Lipinski definition) is 8. The maximum atomic E-state index is 14.4. The minimum absolute atomic E-state index is 0.00579. The molecule has 0 radical (unpaired) electrons. The Hall–Kier alpha value is -10.9. The van der Waals surface area contributed by atoms with Crippen molar-refractivity contribution in [3.8, 4) is 0 Å². The molecule has 2 aliphatic rings. The number of imide groups is 1. The Morgan fingerprint density at radius 1 is 0.680 bits per heavy atom. The van der Waals surface area contributed by atoms with Crippen LogP contribution in [0.3, 0.4) is 0 Å². The van der Waals surface area contributed by atoms with Gasteiger partial charge in [0.2, 0.25) is 53.2 Å². The number of ether oxygens (including phenoxy) is 8. The highest BCUT2D eigenvalue weighted by Gasteiger charge is 2.40. The first-order valence-electron chi connectivity index (χ1n) is 44.3. The number of allylic oxidation sites excluding steroid dienone is 1. The highest BCUT2D eigenvalue weighted by atomic mass is 16.6. The zero-order valence-electron chi connectivity index (χ0n) is 77.8. The number of carbonyl (C=O) groups is 16. The molecule has 2 heterocycles. The molecule has 12 atom stereocenters. The number of likely N-dealkylation sites (N-methyl/N-ethyl adjacent to an activating group) is 4. The van der Waals surface area contributed by atoms with E-state index >= 15 is 0 Å². The zero-order chi connectivity index (χ0) is 95.3. The summed E-state index contributed by atoms with van der Waals surface area (Å²) in [6.45, 7) is 23.7. The average molecular weight is 1800 g/mol. The number of hydrogen-bond acceptors (Lipinski definition) is 24. The molecule has 0 spiro atoms. The summed E-state index contributed by atoms with van der Waals surface area (Å²) < 4.78 is 46.1. The standard InChI is InChI=1S/C91H141N13O24/c1-18-59(7)79-83(112)96-65(13)88(117)128-80(60(8)19-2)63(11)72(36-31-61(9)87(116)126-73(51-57(3)4)82(111)95-64(12)85(114)103(17)70(53-66-27-22-20-23-28-66)86(115)102(16)55-76(108)99-79)127-91(120)101(15)42-41-100(14)90(119)125-56-67-32-34-69(35-33-67)97-81(110)68(29-26-38-94-89(92)118)54-71(105)78(58(5)6)98-75(107)37-43-121-45-47-123-49-50-124-48-46-122-44-39-93-74(106)30-24-21-25-40-104-77(109)52-62(10)84(104)113/h19-20,22-23,27-28,31-35,57-59,62-65,68,70,72-73,78-80H,18,21,24-26,29-30,36-56H2,1-17H3,(H,93,106)(H,95,111)(H,96,112)(H,97,110)(H,98,107)(H,99,108)(H3,92,94,118)/b60-19+,61-31+/t59?,62?,63-,64-,65+,68-,70+,72-,73+,78+,79-,80+/m0/s1. The van der Waals surface area contributed by atoms with Gasteiger partial charge in [-0.25, -0.2) is 24.0 Å². The number of amides is 14. The summed E-state index contributed by atoms with van der Waals surface area (Å²) in [6, 6.07) is 8.59. The lowest BCUT2D eigenvalue weighted by atomic mass is 9.89. The summed E-state index contributed by atoms with van der Waals surface area (Å²) in [5.41, 5.74) is 7.36. The van der Waals surface area contributed by atoms with Crippen LogP contribution < -0.4 is 43.0 Å². The van der Waals surface area contributed by atoms with Gasteiger partial charge >= 0.3 is 30.2 Å². The van der Waals surface area contributed by atoms with Crippen molar-refractivity contribution in [3.63, 3.8) is 0 Å². The summed E-state index contributed by atoms with van der Waals surface area (Å²) in [5.74, 6) is -10.2. The van der Waals surface area contributed by atoms with Crippen molar-refractivity contribution in [2.45, 2.75) is 229 Å². The number of likely N-dealkylation sites (tertiary alicyclic amines) is 1. The molecule has 14 amide bonds. The number of anilines is 1. The monoisotopic (exact) mass is 1800 g/mol. The van der Waals surface area contributed by atoms with Gasteiger partial charge in [-0.3, -0.25) is 57.6 Å². The van der Waals surface area contributed by atoms with E-state index in [9.17, 15) is 76.7 Å². The number of carbonyl (C=O) groups excluding carboxylic acids is 16. The van der Waals surface area contributed by atoms with Crippen LogP contribution in [0.5, 0.6) is 0 Å². The molecule has 0 saturated carbocycles. The van der Waals surface area contributed by atoms with Crippen molar-refractivity contribution in [1.82, 2.24) is 56.4 Å². The molecule has 4 rings (SSSR count). The molecule has 2 unspecified atom stereocenters. The maximum Gasteiger partial charge on any atom is 0.409 e. The zero-order valence-corrected chi connectivity index (χ0v) is 77.8. The molecule has 2 aromatic carbocycles. The number of nitrogens with two attached hydrogens (primary N) is 1. The molecule has 37 heteroatoms. The Labute approximate surface area is 752 Å². The predicted octanol–water partition coefficient (Wildman–Crippen LogP) is 6.21. The van der Waals surface area contributed by atoms with Crippen LogP contribution in [0.2, 0.25) is 0 Å². The SMILES string of the molecule is C/C=C(\C)[C@H]1OC(=O)[C@@H](C)NC(=O)[C@H](C(C)CC)NC(=O)CN(C)C(=O)[C@@H](Cc2ccccc2)N(C)C(=O)[C@H](C)NC(=O)[C@@H](CC(C)C)OC(=O)/C(C)=C/C[C@H](OC(=O)N(C)CCN(C)C(=O)OCc2ccc(NC(=O)[C@@H](CCCNC(N)=O)CC(=O)[C@H](NC(=O)CCOCCOCCOCCOCCNC(=O)CCCCCN3C(=O)CC(C)C3=O)C(C)C)cc2)[C@@H]1C. The number of nitrogens with zero attached hydrogens (tertiary/aromatic N) is 5. The van der Waals surface area contributed by atoms with Gasteiger partial charge < -0.3 is 100 Å². The van der Waals surface area contributed by atoms with Crippen molar-refractivity contribution in [3.05, 3.63) is 89.0 Å². The summed E-state index contributed by atoms with van der Waals surface area (Å²) in [7, 11) is 5.66. The van der Waals surface area contributed by atoms with E-state index in [1.165, 1.54) is 74.6 Å². The number of benzene rings is 2. The number of primary amides is 1. The van der Waals surface area contributed by atoms with Crippen LogP contribution in [0.15, 0.2) is 77.9 Å². The van der Waals surface area contributed by atoms with E-state index in [4.69, 9.17) is 43.6 Å². The van der Waals surface area contributed by atoms with E-state index in [1.807, 2.05) is 20.8 Å². The third-order valence-corrected chi connectivity index (χ3v) is 22.1. The molecule has 0 aromatic heterocycles. The third kappa shape index (κ3) is 39.4. The Morgan fingerprint density at radius 3 is 1.89 bits per heavy atom. The number of Topliss-reactive ketones (excluding diaryl/α,β-unsaturated/α-hetero) is 1. The second kappa shape index (κ2) is 57.8. The van der Waals surface area contributed by atoms with E-state index in [0.29, 0.717) is 87.6 Å². The van der Waals surface area contributed by atoms with Gasteiger partial charge in [-0.2, -0.15) is 0 Å². The number of rotatable bonds is 45. The number of cyclic esters (lactones) is 2. The third-order valence-electron chi connectivity index (χ3n) is 22.1. The van der Waals surface area contributed by atoms with Crippen LogP contribution in [-0.4, -0.2) is 288 Å². The van der Waals surface area contributed by atoms with E-state index in [1.54, 1.807) is 109 Å². The number of ketones is 1. The van der Waals surface area contributed by atoms with E-state index in [2.05, 4.69) is 37.2 Å². The Morgan fingerprint density at radius 2 is 1.30 bits per heavy atom. The van der Waals surface area contributed by atoms with Crippen LogP contribution in [-0.2, 0) is 113 Å². The van der Waals surface area contributed by atoms with Crippen LogP contribution in [0.1, 0.15) is 178 Å². The smallest absolute Gasteiger partial charge is 0.409 e. The first kappa shape index (κ1) is 109. The van der Waals surface area contributed by atoms with Gasteiger partial charge in [0.25, 0.3) is 5.91 Å². The second-order valence-corrected chi connectivity index (χ2v) is 33.6. The highest BCUT2D eigenvalue weighted by molar-refractivity contribution is 6.03. The molecular weight excluding hydrogens is 1660 g/mol. The molecule has 1 fully saturated rings. The van der Waals surface area contributed by atoms with Crippen LogP contribution in [0.25, 0.3) is 0 Å². The fourth-order valence-electron chi connectivity index (χ4n) is 13.8. The van der Waals surface area contributed by atoms with Crippen molar-refractivity contribution in [2.75, 3.05) is 126 Å². The fourth-order valence-corrected chi connectivity index (χ4v) is 13.8. The molecule has 128 heavy (non-hydrogen) atoms. The van der Waals surface area contributed by atoms with Crippen LogP contribution >= 0.6 is 0 Å². The minimum atomic E-state index is -1.42. The van der Waals surface area contributed by atoms with E-state index < -0.39 is 144 Å². The van der Waals surface area contributed by atoms with Gasteiger partial charge in [-0.15, -0.1) is 0 Å². The molecule has 9 N–H and O–H groups in total. The lowest BCUT2D eigenvalue weighted by Crippen LogP contribution is -2.57. The number of esters is 2. The predicted molar refractivity (Wildman–Crippen MR) is 474 cm³/mol. The maximum absolute atomic E-state index is 14.4. The molecule has 714 valence electrons. The lowest BCUT2D eigenvalue weighted by molar-refractivity contribution is -0.155. The number of urea groups is 1. The van der Waals surface area contributed by atoms with Crippen LogP contribution in [0, 0.1) is 35.5 Å². The van der Waals surface area contributed by atoms with Gasteiger partial charge in [-0.05, 0) is 113 Å². The van der Waals surface area contributed by atoms with Gasteiger partial charge in [0.1, 0.15) is 43.0 Å². The minimum Gasteiger partial charge on any atom is -0.456 e. The highest BCUT2D eigenvalue weighted by Crippen LogP contribution is 2.28. The van der Waals surface area contributed by atoms with E-state index in [0.717, 1.165) is 11.3 Å². The van der Waals surface area contributed by atoms with Crippen molar-refractivity contribution >= 4 is 101 Å². The normalized spacial score (nSPS) is 21.1. The first-order chi connectivity index (χ1) is 60.7. The summed E-state index contributed by atoms with van der Waals surface area (Å²) >= 11 is 0. The molecule has 2 aromatic rings. The summed E-state index contributed by atoms with van der Waals surface area (Å²) in [4.78, 5) is 222. The van der Waals surface area contributed by atoms with Crippen molar-refractivity contribution in [2.24, 2.45) is 41.2 Å². The quantitative estimate of drug-likeness (QED) is 0.0120. The van der Waals surface area contributed by atoms with Crippen molar-refractivity contribution < 1.29 is 115 Å².